The van der Waals surface area contributed by atoms with E-state index in [0.29, 0.717) is 30.8 Å². The molecule has 0 aliphatic heterocycles. The molecule has 0 aliphatic carbocycles. The Kier molecular flexibility index (Phi) is 6.32. The Morgan fingerprint density at radius 3 is 2.58 bits per heavy atom. The smallest absolute Gasteiger partial charge is 0.224 e. The molecule has 2 heterocycles. The minimum Gasteiger partial charge on any atom is -0.397 e. The van der Waals surface area contributed by atoms with Gasteiger partial charge in [-0.25, -0.2) is 0 Å². The summed E-state index contributed by atoms with van der Waals surface area (Å²) < 4.78 is 1.78. The summed E-state index contributed by atoms with van der Waals surface area (Å²) in [5.41, 5.74) is 11.1. The summed E-state index contributed by atoms with van der Waals surface area (Å²) in [6.07, 6.45) is 5.24. The van der Waals surface area contributed by atoms with E-state index in [9.17, 15) is 4.79 Å². The number of aryl methyl sites for hydroxylation is 3. The molecule has 0 radical (unpaired) electrons. The molecule has 2 aromatic heterocycles. The lowest BCUT2D eigenvalue weighted by Crippen LogP contribution is -2.13. The van der Waals surface area contributed by atoms with Crippen molar-refractivity contribution in [1.29, 1.82) is 0 Å². The second-order valence-corrected chi connectivity index (χ2v) is 7.26. The van der Waals surface area contributed by atoms with Crippen LogP contribution in [0.15, 0.2) is 79.1 Å². The van der Waals surface area contributed by atoms with Crippen LogP contribution >= 0.6 is 0 Å². The van der Waals surface area contributed by atoms with Crippen LogP contribution in [0.25, 0.3) is 11.1 Å². The van der Waals surface area contributed by atoms with E-state index >= 15 is 0 Å². The Morgan fingerprint density at radius 1 is 0.935 bits per heavy atom. The van der Waals surface area contributed by atoms with Gasteiger partial charge in [0.25, 0.3) is 0 Å². The Labute approximate surface area is 180 Å². The maximum Gasteiger partial charge on any atom is 0.224 e. The third-order valence-electron chi connectivity index (χ3n) is 4.95. The van der Waals surface area contributed by atoms with Gasteiger partial charge in [0.1, 0.15) is 0 Å². The molecule has 31 heavy (non-hydrogen) atoms. The molecule has 4 rings (SSSR count). The number of carbonyl (C=O) groups excluding carboxylic acids is 1. The van der Waals surface area contributed by atoms with E-state index in [-0.39, 0.29) is 5.91 Å². The number of carbonyl (C=O) groups is 1. The summed E-state index contributed by atoms with van der Waals surface area (Å²) in [5.74, 6) is -0.111. The fourth-order valence-corrected chi connectivity index (χ4v) is 3.27. The molecule has 0 fully saturated rings. The zero-order chi connectivity index (χ0) is 21.5. The Balaban J connectivity index is 1.31. The predicted octanol–water partition coefficient (Wildman–Crippen LogP) is 3.74. The predicted molar refractivity (Wildman–Crippen MR) is 121 cm³/mol. The number of nitrogens with one attached hydrogen (secondary N) is 1. The summed E-state index contributed by atoms with van der Waals surface area (Å²) >= 11 is 0. The highest BCUT2D eigenvalue weighted by molar-refractivity contribution is 5.95. The van der Waals surface area contributed by atoms with Crippen LogP contribution in [0.5, 0.6) is 0 Å². The summed E-state index contributed by atoms with van der Waals surface area (Å²) in [6, 6.07) is 21.5. The molecule has 0 aliphatic rings. The van der Waals surface area contributed by atoms with Crippen molar-refractivity contribution in [2.24, 2.45) is 0 Å². The number of benzene rings is 2. The molecule has 7 nitrogen and oxygen atoms in total. The Bertz CT molecular complexity index is 1140. The van der Waals surface area contributed by atoms with E-state index < -0.39 is 0 Å². The van der Waals surface area contributed by atoms with Gasteiger partial charge in [0.15, 0.2) is 0 Å². The number of pyridine rings is 1. The van der Waals surface area contributed by atoms with Crippen LogP contribution in [-0.2, 0) is 24.2 Å². The van der Waals surface area contributed by atoms with Crippen molar-refractivity contribution in [3.05, 3.63) is 90.5 Å². The van der Waals surface area contributed by atoms with Crippen molar-refractivity contribution >= 4 is 17.3 Å². The van der Waals surface area contributed by atoms with Crippen molar-refractivity contribution < 1.29 is 4.79 Å². The zero-order valence-electron chi connectivity index (χ0n) is 17.1. The van der Waals surface area contributed by atoms with Crippen LogP contribution in [0.3, 0.4) is 0 Å². The number of rotatable bonds is 8. The normalized spacial score (nSPS) is 10.7. The lowest BCUT2D eigenvalue weighted by molar-refractivity contribution is -0.116. The first-order valence-electron chi connectivity index (χ1n) is 10.2. The van der Waals surface area contributed by atoms with Gasteiger partial charge in [-0.1, -0.05) is 47.7 Å². The number of amides is 1. The molecule has 1 amide bonds. The van der Waals surface area contributed by atoms with E-state index in [1.54, 1.807) is 10.9 Å². The van der Waals surface area contributed by atoms with Gasteiger partial charge in [0, 0.05) is 43.9 Å². The number of hydrogen-bond acceptors (Lipinski definition) is 5. The number of anilines is 2. The van der Waals surface area contributed by atoms with E-state index in [4.69, 9.17) is 5.73 Å². The number of nitrogens with zero attached hydrogens (tertiary/aromatic N) is 4. The van der Waals surface area contributed by atoms with Crippen LogP contribution in [0.1, 0.15) is 17.8 Å². The molecule has 4 aromatic rings. The minimum atomic E-state index is -0.111. The molecule has 7 heteroatoms. The third-order valence-corrected chi connectivity index (χ3v) is 4.95. The number of nitrogens with two attached hydrogens (primary N) is 1. The largest absolute Gasteiger partial charge is 0.397 e. The van der Waals surface area contributed by atoms with Gasteiger partial charge in [-0.05, 0) is 35.4 Å². The third kappa shape index (κ3) is 5.54. The minimum absolute atomic E-state index is 0.111. The van der Waals surface area contributed by atoms with Gasteiger partial charge >= 0.3 is 0 Å². The number of aromatic nitrogens is 4. The van der Waals surface area contributed by atoms with Crippen LogP contribution < -0.4 is 11.1 Å². The average molecular weight is 412 g/mol. The van der Waals surface area contributed by atoms with E-state index in [2.05, 4.69) is 20.6 Å². The topological polar surface area (TPSA) is 98.7 Å². The SMILES string of the molecule is Nc1ccc(-c2ccccc2)cc1NC(=O)CCc1cn(CCc2ccccn2)nn1. The van der Waals surface area contributed by atoms with Crippen molar-refractivity contribution in [1.82, 2.24) is 20.0 Å². The summed E-state index contributed by atoms with van der Waals surface area (Å²) in [5, 5.41) is 11.2. The lowest BCUT2D eigenvalue weighted by atomic mass is 10.0. The van der Waals surface area contributed by atoms with E-state index in [0.717, 1.165) is 28.9 Å². The fourth-order valence-electron chi connectivity index (χ4n) is 3.27. The van der Waals surface area contributed by atoms with Crippen molar-refractivity contribution in [2.45, 2.75) is 25.8 Å². The van der Waals surface area contributed by atoms with Crippen molar-refractivity contribution in [3.63, 3.8) is 0 Å². The van der Waals surface area contributed by atoms with Crippen molar-refractivity contribution in [3.8, 4) is 11.1 Å². The molecule has 0 saturated heterocycles. The number of hydrogen-bond donors (Lipinski definition) is 2. The molecule has 2 aromatic carbocycles. The average Bonchev–Trinajstić information content (AvgIpc) is 3.27. The first-order chi connectivity index (χ1) is 15.2. The lowest BCUT2D eigenvalue weighted by Gasteiger charge is -2.10. The Morgan fingerprint density at radius 2 is 1.77 bits per heavy atom. The molecule has 0 saturated carbocycles. The van der Waals surface area contributed by atoms with Crippen LogP contribution in [-0.4, -0.2) is 25.9 Å². The molecule has 0 bridgehead atoms. The van der Waals surface area contributed by atoms with Gasteiger partial charge in [0.05, 0.1) is 17.1 Å². The van der Waals surface area contributed by atoms with Gasteiger partial charge in [-0.2, -0.15) is 0 Å². The molecule has 0 atom stereocenters. The summed E-state index contributed by atoms with van der Waals surface area (Å²) in [6.45, 7) is 0.693. The number of nitrogen functional groups attached to an aromatic ring is 1. The van der Waals surface area contributed by atoms with E-state index in [1.165, 1.54) is 0 Å². The fraction of sp³-hybridized carbons (Fsp3) is 0.167. The van der Waals surface area contributed by atoms with Gasteiger partial charge in [0.2, 0.25) is 5.91 Å². The van der Waals surface area contributed by atoms with E-state index in [1.807, 2.05) is 72.9 Å². The molecular weight excluding hydrogens is 388 g/mol. The van der Waals surface area contributed by atoms with Gasteiger partial charge in [-0.3, -0.25) is 14.5 Å². The first kappa shape index (κ1) is 20.3. The van der Waals surface area contributed by atoms with Gasteiger partial charge < -0.3 is 11.1 Å². The van der Waals surface area contributed by atoms with Crippen molar-refractivity contribution in [2.75, 3.05) is 11.1 Å². The summed E-state index contributed by atoms with van der Waals surface area (Å²) in [4.78, 5) is 16.8. The monoisotopic (exact) mass is 412 g/mol. The molecule has 0 unspecified atom stereocenters. The highest BCUT2D eigenvalue weighted by Crippen LogP contribution is 2.27. The van der Waals surface area contributed by atoms with Crippen LogP contribution in [0, 0.1) is 0 Å². The Hall–Kier alpha value is -4.00. The maximum atomic E-state index is 12.5. The second kappa shape index (κ2) is 9.67. The zero-order valence-corrected chi connectivity index (χ0v) is 17.1. The maximum absolute atomic E-state index is 12.5. The molecule has 0 spiro atoms. The summed E-state index contributed by atoms with van der Waals surface area (Å²) in [7, 11) is 0. The quantitative estimate of drug-likeness (QED) is 0.430. The second-order valence-electron chi connectivity index (χ2n) is 7.26. The van der Waals surface area contributed by atoms with Gasteiger partial charge in [-0.15, -0.1) is 5.10 Å². The first-order valence-corrected chi connectivity index (χ1v) is 10.2. The molecular formula is C24H24N6O. The standard InChI is InChI=1S/C24H24N6O/c25-22-11-9-19(18-6-2-1-3-7-18)16-23(22)27-24(31)12-10-21-17-30(29-28-21)15-13-20-8-4-5-14-26-20/h1-9,11,14,16-17H,10,12-13,15,25H2,(H,27,31). The highest BCUT2D eigenvalue weighted by atomic mass is 16.1. The highest BCUT2D eigenvalue weighted by Gasteiger charge is 2.10. The molecule has 3 N–H and O–H groups in total. The van der Waals surface area contributed by atoms with Crippen LogP contribution in [0.4, 0.5) is 11.4 Å². The molecule has 156 valence electrons. The van der Waals surface area contributed by atoms with Crippen LogP contribution in [0.2, 0.25) is 0 Å².